The van der Waals surface area contributed by atoms with Crippen LogP contribution in [0.3, 0.4) is 0 Å². The first-order valence-corrected chi connectivity index (χ1v) is 11.6. The lowest BCUT2D eigenvalue weighted by atomic mass is 9.82. The second kappa shape index (κ2) is 8.87. The van der Waals surface area contributed by atoms with E-state index in [0.29, 0.717) is 11.8 Å². The molecule has 6 nitrogen and oxygen atoms in total. The monoisotopic (exact) mass is 444 g/mol. The van der Waals surface area contributed by atoms with Gasteiger partial charge in [0.05, 0.1) is 20.2 Å². The quantitative estimate of drug-likeness (QED) is 0.636. The normalized spacial score (nSPS) is 21.2. The van der Waals surface area contributed by atoms with Gasteiger partial charge in [0, 0.05) is 47.8 Å². The molecule has 3 atom stereocenters. The van der Waals surface area contributed by atoms with E-state index in [2.05, 4.69) is 23.5 Å². The van der Waals surface area contributed by atoms with Crippen LogP contribution in [0.25, 0.3) is 11.1 Å². The molecule has 1 amide bonds. The summed E-state index contributed by atoms with van der Waals surface area (Å²) >= 11 is 0. The highest BCUT2D eigenvalue weighted by atomic mass is 16.5. The third kappa shape index (κ3) is 4.44. The zero-order chi connectivity index (χ0) is 22.9. The first kappa shape index (κ1) is 21.5. The van der Waals surface area contributed by atoms with Crippen molar-refractivity contribution in [3.63, 3.8) is 0 Å². The van der Waals surface area contributed by atoms with Crippen LogP contribution in [0.1, 0.15) is 30.5 Å². The zero-order valence-corrected chi connectivity index (χ0v) is 19.1. The van der Waals surface area contributed by atoms with Crippen LogP contribution >= 0.6 is 0 Å². The molecule has 2 aliphatic rings. The molecule has 1 aromatic heterocycles. The largest absolute Gasteiger partial charge is 0.497 e. The molecule has 0 saturated carbocycles. The van der Waals surface area contributed by atoms with Gasteiger partial charge in [-0.15, -0.1) is 0 Å². The lowest BCUT2D eigenvalue weighted by molar-refractivity contribution is -0.924. The highest BCUT2D eigenvalue weighted by molar-refractivity contribution is 5.88. The fourth-order valence-corrected chi connectivity index (χ4v) is 5.50. The minimum absolute atomic E-state index is 0.0908. The van der Waals surface area contributed by atoms with Crippen molar-refractivity contribution in [3.8, 4) is 16.9 Å². The molecule has 2 aliphatic heterocycles. The van der Waals surface area contributed by atoms with Crippen molar-refractivity contribution in [2.24, 2.45) is 5.92 Å². The van der Waals surface area contributed by atoms with Gasteiger partial charge in [0.15, 0.2) is 0 Å². The van der Waals surface area contributed by atoms with Crippen molar-refractivity contribution in [2.45, 2.75) is 32.4 Å². The number of benzene rings is 2. The second-order valence-corrected chi connectivity index (χ2v) is 9.33. The molecule has 6 heteroatoms. The Kier molecular flexibility index (Phi) is 5.77. The smallest absolute Gasteiger partial charge is 0.258 e. The molecule has 170 valence electrons. The highest BCUT2D eigenvalue weighted by Gasteiger charge is 2.37. The number of hydrogen-bond donors (Lipinski definition) is 2. The number of methoxy groups -OCH3 is 1. The van der Waals surface area contributed by atoms with Crippen LogP contribution in [-0.2, 0) is 17.9 Å². The first-order chi connectivity index (χ1) is 16.0. The summed E-state index contributed by atoms with van der Waals surface area (Å²) < 4.78 is 7.29. The van der Waals surface area contributed by atoms with Crippen molar-refractivity contribution < 1.29 is 14.4 Å². The number of amides is 1. The average Bonchev–Trinajstić information content (AvgIpc) is 2.81. The zero-order valence-electron chi connectivity index (χ0n) is 19.1. The Morgan fingerprint density at radius 1 is 1.06 bits per heavy atom. The molecule has 3 heterocycles. The van der Waals surface area contributed by atoms with Gasteiger partial charge in [-0.05, 0) is 60.5 Å². The molecule has 1 fully saturated rings. The summed E-state index contributed by atoms with van der Waals surface area (Å²) in [6, 6.07) is 20.0. The van der Waals surface area contributed by atoms with Gasteiger partial charge in [0.1, 0.15) is 12.3 Å². The molecule has 2 bridgehead atoms. The van der Waals surface area contributed by atoms with E-state index < -0.39 is 0 Å². The van der Waals surface area contributed by atoms with Crippen molar-refractivity contribution >= 4 is 11.6 Å². The first-order valence-electron chi connectivity index (χ1n) is 11.6. The van der Waals surface area contributed by atoms with Crippen molar-refractivity contribution in [3.05, 3.63) is 82.3 Å². The Morgan fingerprint density at radius 2 is 1.82 bits per heavy atom. The molecule has 0 radical (unpaired) electrons. The lowest BCUT2D eigenvalue weighted by Gasteiger charge is -2.40. The maximum atomic E-state index is 13.4. The summed E-state index contributed by atoms with van der Waals surface area (Å²) in [7, 11) is 1.69. The van der Waals surface area contributed by atoms with Crippen LogP contribution < -0.4 is 20.5 Å². The van der Waals surface area contributed by atoms with Crippen LogP contribution in [0.2, 0.25) is 0 Å². The van der Waals surface area contributed by atoms with E-state index in [-0.39, 0.29) is 11.5 Å². The third-order valence-corrected chi connectivity index (χ3v) is 6.93. The summed E-state index contributed by atoms with van der Waals surface area (Å²) in [5, 5.41) is 2.77. The fourth-order valence-electron chi connectivity index (χ4n) is 5.50. The number of nitrogens with one attached hydrogen (secondary N) is 2. The predicted molar refractivity (Wildman–Crippen MR) is 129 cm³/mol. The number of nitrogens with zero attached hydrogens (tertiary/aromatic N) is 1. The van der Waals surface area contributed by atoms with Crippen LogP contribution in [-0.4, -0.2) is 30.7 Å². The van der Waals surface area contributed by atoms with E-state index in [1.165, 1.54) is 18.2 Å². The summed E-state index contributed by atoms with van der Waals surface area (Å²) in [5.74, 6) is 1.71. The van der Waals surface area contributed by atoms with E-state index in [1.54, 1.807) is 12.0 Å². The van der Waals surface area contributed by atoms with Crippen LogP contribution in [0, 0.1) is 5.92 Å². The predicted octanol–water partition coefficient (Wildman–Crippen LogP) is 2.68. The second-order valence-electron chi connectivity index (χ2n) is 9.33. The number of likely N-dealkylation sites (tertiary alicyclic amines) is 1. The van der Waals surface area contributed by atoms with Gasteiger partial charge in [0.25, 0.3) is 5.56 Å². The van der Waals surface area contributed by atoms with Crippen LogP contribution in [0.4, 0.5) is 5.69 Å². The SMILES string of the molecule is COc1ccc(C[NH+]2C[C@@H]3C[C@H](C2)c2ccc(-c4ccc(NC(C)=O)cc4)c(=O)n2C3)cc1. The van der Waals surface area contributed by atoms with E-state index in [9.17, 15) is 9.59 Å². The molecule has 33 heavy (non-hydrogen) atoms. The third-order valence-electron chi connectivity index (χ3n) is 6.93. The Hall–Kier alpha value is -3.38. The van der Waals surface area contributed by atoms with Crippen molar-refractivity contribution in [1.82, 2.24) is 4.57 Å². The molecule has 1 saturated heterocycles. The molecular formula is C27H30N3O3+. The minimum Gasteiger partial charge on any atom is -0.497 e. The van der Waals surface area contributed by atoms with E-state index in [4.69, 9.17) is 4.74 Å². The van der Waals surface area contributed by atoms with Crippen LogP contribution in [0.5, 0.6) is 5.75 Å². The van der Waals surface area contributed by atoms with Crippen molar-refractivity contribution in [2.75, 3.05) is 25.5 Å². The van der Waals surface area contributed by atoms with E-state index in [1.807, 2.05) is 47.0 Å². The van der Waals surface area contributed by atoms with Gasteiger partial charge in [0.2, 0.25) is 5.91 Å². The summed E-state index contributed by atoms with van der Waals surface area (Å²) in [5.41, 5.74) is 4.91. The van der Waals surface area contributed by atoms with Gasteiger partial charge in [-0.3, -0.25) is 9.59 Å². The molecular weight excluding hydrogens is 414 g/mol. The number of pyridine rings is 1. The molecule has 2 N–H and O–H groups in total. The van der Waals surface area contributed by atoms with Gasteiger partial charge in [-0.2, -0.15) is 0 Å². The summed E-state index contributed by atoms with van der Waals surface area (Å²) in [4.78, 5) is 26.3. The number of carbonyl (C=O) groups is 1. The number of fused-ring (bicyclic) bond motifs is 4. The maximum absolute atomic E-state index is 13.4. The van der Waals surface area contributed by atoms with Gasteiger partial charge >= 0.3 is 0 Å². The van der Waals surface area contributed by atoms with E-state index >= 15 is 0 Å². The summed E-state index contributed by atoms with van der Waals surface area (Å²) in [6.07, 6.45) is 1.16. The number of aromatic nitrogens is 1. The Balaban J connectivity index is 1.36. The summed E-state index contributed by atoms with van der Waals surface area (Å²) in [6.45, 7) is 5.41. The Labute approximate surface area is 193 Å². The van der Waals surface area contributed by atoms with Gasteiger partial charge < -0.3 is 19.5 Å². The molecule has 3 aromatic rings. The standard InChI is InChI=1S/C27H29N3O3/c1-18(31)28-23-7-5-21(6-8-23)25-11-12-26-22-13-20(16-30(26)27(25)32)15-29(17-22)14-19-3-9-24(33-2)10-4-19/h3-12,20,22H,13-17H2,1-2H3,(H,28,31)/p+1/t20-,22+/m0/s1. The fraction of sp³-hybridized carbons (Fsp3) is 0.333. The Morgan fingerprint density at radius 3 is 2.52 bits per heavy atom. The van der Waals surface area contributed by atoms with Crippen molar-refractivity contribution in [1.29, 1.82) is 0 Å². The minimum atomic E-state index is -0.105. The van der Waals surface area contributed by atoms with Gasteiger partial charge in [-0.1, -0.05) is 12.1 Å². The average molecular weight is 445 g/mol. The number of rotatable bonds is 5. The number of carbonyl (C=O) groups excluding carboxylic acids is 1. The molecule has 0 spiro atoms. The maximum Gasteiger partial charge on any atom is 0.258 e. The molecule has 5 rings (SSSR count). The molecule has 2 aromatic carbocycles. The van der Waals surface area contributed by atoms with Gasteiger partial charge in [-0.25, -0.2) is 0 Å². The van der Waals surface area contributed by atoms with E-state index in [0.717, 1.165) is 55.2 Å². The number of ether oxygens (including phenoxy) is 1. The molecule has 0 aliphatic carbocycles. The number of hydrogen-bond acceptors (Lipinski definition) is 3. The number of anilines is 1. The highest BCUT2D eigenvalue weighted by Crippen LogP contribution is 2.32. The lowest BCUT2D eigenvalue weighted by Crippen LogP contribution is -3.13. The number of quaternary nitrogens is 1. The topological polar surface area (TPSA) is 64.8 Å². The van der Waals surface area contributed by atoms with Crippen LogP contribution in [0.15, 0.2) is 65.5 Å². The Bertz CT molecular complexity index is 1210. The number of piperidine rings is 1. The molecule has 1 unspecified atom stereocenters.